The van der Waals surface area contributed by atoms with Crippen LogP contribution in [0.15, 0.2) is 24.3 Å². The van der Waals surface area contributed by atoms with Crippen LogP contribution in [0.2, 0.25) is 0 Å². The molecule has 0 saturated heterocycles. The van der Waals surface area contributed by atoms with Gasteiger partial charge < -0.3 is 4.90 Å². The van der Waals surface area contributed by atoms with Gasteiger partial charge in [0.15, 0.2) is 0 Å². The Hall–Kier alpha value is -0.900. The fourth-order valence-corrected chi connectivity index (χ4v) is 2.03. The molecule has 1 rings (SSSR count). The highest BCUT2D eigenvalue weighted by Crippen LogP contribution is 2.16. The fraction of sp³-hybridized carbons (Fsp3) is 0.462. The van der Waals surface area contributed by atoms with E-state index >= 15 is 0 Å². The lowest BCUT2D eigenvalue weighted by Gasteiger charge is -2.21. The fourth-order valence-electron chi connectivity index (χ4n) is 1.63. The normalized spacial score (nSPS) is 10.3. The third-order valence-corrected chi connectivity index (χ3v) is 3.09. The van der Waals surface area contributed by atoms with E-state index in [-0.39, 0.29) is 11.7 Å². The minimum atomic E-state index is -0.281. The van der Waals surface area contributed by atoms with E-state index < -0.39 is 0 Å². The summed E-state index contributed by atoms with van der Waals surface area (Å²) in [6, 6.07) is 6.04. The van der Waals surface area contributed by atoms with Crippen molar-refractivity contribution in [3.8, 4) is 0 Å². The zero-order chi connectivity index (χ0) is 12.7. The lowest BCUT2D eigenvalue weighted by atomic mass is 10.2. The minimum absolute atomic E-state index is 0.0973. The molecule has 0 unspecified atom stereocenters. The monoisotopic (exact) mass is 301 g/mol. The summed E-state index contributed by atoms with van der Waals surface area (Å²) in [5.74, 6) is -0.184. The van der Waals surface area contributed by atoms with Crippen molar-refractivity contribution < 1.29 is 9.18 Å². The molecule has 0 aliphatic carbocycles. The van der Waals surface area contributed by atoms with Crippen LogP contribution in [0.5, 0.6) is 0 Å². The Morgan fingerprint density at radius 3 is 2.47 bits per heavy atom. The molecule has 17 heavy (non-hydrogen) atoms. The van der Waals surface area contributed by atoms with Crippen molar-refractivity contribution in [1.82, 2.24) is 0 Å². The number of benzene rings is 1. The molecule has 0 heterocycles. The molecule has 0 aliphatic heterocycles. The molecule has 0 bridgehead atoms. The smallest absolute Gasteiger partial charge is 0.226 e. The van der Waals surface area contributed by atoms with Crippen LogP contribution in [-0.4, -0.2) is 17.8 Å². The van der Waals surface area contributed by atoms with Crippen molar-refractivity contribution in [1.29, 1.82) is 0 Å². The molecule has 4 heteroatoms. The van der Waals surface area contributed by atoms with Gasteiger partial charge in [-0.05, 0) is 44.0 Å². The third kappa shape index (κ3) is 4.46. The summed E-state index contributed by atoms with van der Waals surface area (Å²) < 4.78 is 12.8. The summed E-state index contributed by atoms with van der Waals surface area (Å²) in [6.45, 7) is 2.53. The first-order valence-corrected chi connectivity index (χ1v) is 6.93. The minimum Gasteiger partial charge on any atom is -0.313 e. The van der Waals surface area contributed by atoms with Crippen LogP contribution in [0.3, 0.4) is 0 Å². The Bertz CT molecular complexity index is 353. The van der Waals surface area contributed by atoms with Crippen molar-refractivity contribution in [3.63, 3.8) is 0 Å². The Morgan fingerprint density at radius 2 is 1.94 bits per heavy atom. The summed E-state index contributed by atoms with van der Waals surface area (Å²) in [7, 11) is 0. The molecule has 1 aromatic carbocycles. The summed E-state index contributed by atoms with van der Waals surface area (Å²) in [5.41, 5.74) is 0.762. The standard InChI is InChI=1S/C13H17BrFNO/c1-2-16(13(17)5-3-4-10-14)12-8-6-11(15)7-9-12/h6-9H,2-5,10H2,1H3. The van der Waals surface area contributed by atoms with Crippen molar-refractivity contribution in [2.75, 3.05) is 16.8 Å². The average Bonchev–Trinajstić information content (AvgIpc) is 2.33. The van der Waals surface area contributed by atoms with Gasteiger partial charge in [0.2, 0.25) is 5.91 Å². The van der Waals surface area contributed by atoms with Gasteiger partial charge in [0.1, 0.15) is 5.82 Å². The van der Waals surface area contributed by atoms with Crippen LogP contribution < -0.4 is 4.90 Å². The molecule has 0 saturated carbocycles. The lowest BCUT2D eigenvalue weighted by Crippen LogP contribution is -2.30. The molecule has 1 aromatic rings. The van der Waals surface area contributed by atoms with Crippen LogP contribution >= 0.6 is 15.9 Å². The molecule has 0 N–H and O–H groups in total. The summed E-state index contributed by atoms with van der Waals surface area (Å²) >= 11 is 3.34. The molecule has 0 spiro atoms. The van der Waals surface area contributed by atoms with E-state index in [1.54, 1.807) is 17.0 Å². The highest BCUT2D eigenvalue weighted by molar-refractivity contribution is 9.09. The van der Waals surface area contributed by atoms with E-state index in [1.165, 1.54) is 12.1 Å². The highest BCUT2D eigenvalue weighted by Gasteiger charge is 2.12. The maximum atomic E-state index is 12.8. The van der Waals surface area contributed by atoms with E-state index in [9.17, 15) is 9.18 Å². The Kier molecular flexibility index (Phi) is 6.19. The van der Waals surface area contributed by atoms with Gasteiger partial charge in [-0.2, -0.15) is 0 Å². The molecular formula is C13H17BrFNO. The van der Waals surface area contributed by atoms with Crippen molar-refractivity contribution in [2.45, 2.75) is 26.2 Å². The summed E-state index contributed by atoms with van der Waals surface area (Å²) in [4.78, 5) is 13.6. The number of alkyl halides is 1. The maximum absolute atomic E-state index is 12.8. The van der Waals surface area contributed by atoms with Gasteiger partial charge >= 0.3 is 0 Å². The van der Waals surface area contributed by atoms with Gasteiger partial charge in [-0.15, -0.1) is 0 Å². The number of carbonyl (C=O) groups excluding carboxylic acids is 1. The molecule has 0 radical (unpaired) electrons. The molecule has 0 fully saturated rings. The van der Waals surface area contributed by atoms with E-state index in [2.05, 4.69) is 15.9 Å². The second kappa shape index (κ2) is 7.43. The third-order valence-electron chi connectivity index (χ3n) is 2.53. The van der Waals surface area contributed by atoms with Crippen molar-refractivity contribution in [3.05, 3.63) is 30.1 Å². The summed E-state index contributed by atoms with van der Waals surface area (Å²) in [5, 5.41) is 0.920. The lowest BCUT2D eigenvalue weighted by molar-refractivity contribution is -0.118. The quantitative estimate of drug-likeness (QED) is 0.579. The topological polar surface area (TPSA) is 20.3 Å². The van der Waals surface area contributed by atoms with Gasteiger partial charge in [-0.3, -0.25) is 4.79 Å². The van der Waals surface area contributed by atoms with E-state index in [0.717, 1.165) is 23.9 Å². The second-order valence-corrected chi connectivity index (χ2v) is 4.55. The Labute approximate surface area is 110 Å². The van der Waals surface area contributed by atoms with Crippen molar-refractivity contribution in [2.24, 2.45) is 0 Å². The molecule has 0 atom stereocenters. The number of hydrogen-bond acceptors (Lipinski definition) is 1. The van der Waals surface area contributed by atoms with Crippen LogP contribution in [0.4, 0.5) is 10.1 Å². The van der Waals surface area contributed by atoms with E-state index in [0.29, 0.717) is 13.0 Å². The number of hydrogen-bond donors (Lipinski definition) is 0. The van der Waals surface area contributed by atoms with Crippen LogP contribution in [0, 0.1) is 5.82 Å². The molecule has 1 amide bonds. The largest absolute Gasteiger partial charge is 0.313 e. The van der Waals surface area contributed by atoms with Crippen LogP contribution in [0.25, 0.3) is 0 Å². The molecular weight excluding hydrogens is 285 g/mol. The first-order valence-electron chi connectivity index (χ1n) is 5.81. The van der Waals surface area contributed by atoms with Crippen LogP contribution in [0.1, 0.15) is 26.2 Å². The SMILES string of the molecule is CCN(C(=O)CCCCBr)c1ccc(F)cc1. The predicted octanol–water partition coefficient (Wildman–Crippen LogP) is 3.74. The zero-order valence-electron chi connectivity index (χ0n) is 9.96. The number of rotatable bonds is 6. The maximum Gasteiger partial charge on any atom is 0.226 e. The zero-order valence-corrected chi connectivity index (χ0v) is 11.5. The first-order chi connectivity index (χ1) is 8.19. The number of carbonyl (C=O) groups is 1. The number of nitrogens with zero attached hydrogens (tertiary/aromatic N) is 1. The van der Waals surface area contributed by atoms with Gasteiger partial charge in [0.05, 0.1) is 0 Å². The highest BCUT2D eigenvalue weighted by atomic mass is 79.9. The predicted molar refractivity (Wildman–Crippen MR) is 72.1 cm³/mol. The Morgan fingerprint density at radius 1 is 1.29 bits per heavy atom. The molecule has 0 aliphatic rings. The van der Waals surface area contributed by atoms with Gasteiger partial charge in [-0.1, -0.05) is 15.9 Å². The number of halogens is 2. The molecule has 0 aromatic heterocycles. The molecule has 2 nitrogen and oxygen atoms in total. The second-order valence-electron chi connectivity index (χ2n) is 3.76. The average molecular weight is 302 g/mol. The van der Waals surface area contributed by atoms with Gasteiger partial charge in [0.25, 0.3) is 0 Å². The number of unbranched alkanes of at least 4 members (excludes halogenated alkanes) is 1. The van der Waals surface area contributed by atoms with Gasteiger partial charge in [0, 0.05) is 24.0 Å². The number of amides is 1. The number of anilines is 1. The summed E-state index contributed by atoms with van der Waals surface area (Å²) in [6.07, 6.45) is 2.41. The first kappa shape index (κ1) is 14.2. The van der Waals surface area contributed by atoms with Crippen molar-refractivity contribution >= 4 is 27.5 Å². The molecule has 94 valence electrons. The van der Waals surface area contributed by atoms with E-state index in [1.807, 2.05) is 6.92 Å². The van der Waals surface area contributed by atoms with Gasteiger partial charge in [-0.25, -0.2) is 4.39 Å². The van der Waals surface area contributed by atoms with E-state index in [4.69, 9.17) is 0 Å². The Balaban J connectivity index is 2.64. The van der Waals surface area contributed by atoms with Crippen LogP contribution in [-0.2, 0) is 4.79 Å².